The summed E-state index contributed by atoms with van der Waals surface area (Å²) in [6.07, 6.45) is 1.87. The highest BCUT2D eigenvalue weighted by Crippen LogP contribution is 2.22. The lowest BCUT2D eigenvalue weighted by Gasteiger charge is -2.26. The van der Waals surface area contributed by atoms with Crippen molar-refractivity contribution in [2.45, 2.75) is 25.4 Å². The van der Waals surface area contributed by atoms with Crippen molar-refractivity contribution in [1.82, 2.24) is 9.80 Å². The minimum atomic E-state index is -0.396. The maximum absolute atomic E-state index is 13.4. The monoisotopic (exact) mass is 265 g/mol. The average Bonchev–Trinajstić information content (AvgIpc) is 2.81. The number of carbonyl (C=O) groups excluding carboxylic acids is 1. The largest absolute Gasteiger partial charge is 0.396 e. The maximum Gasteiger partial charge on any atom is 0.239 e. The molecule has 1 aromatic rings. The highest BCUT2D eigenvalue weighted by atomic mass is 19.1. The zero-order valence-electron chi connectivity index (χ0n) is 11.4. The van der Waals surface area contributed by atoms with Crippen LogP contribution in [0.2, 0.25) is 0 Å². The zero-order valence-corrected chi connectivity index (χ0v) is 11.4. The Hall–Kier alpha value is -1.62. The van der Waals surface area contributed by atoms with Crippen molar-refractivity contribution >= 4 is 11.6 Å². The number of benzene rings is 1. The van der Waals surface area contributed by atoms with Crippen molar-refractivity contribution < 1.29 is 9.18 Å². The van der Waals surface area contributed by atoms with Gasteiger partial charge in [-0.1, -0.05) is 6.07 Å². The molecule has 0 radical (unpaired) electrons. The van der Waals surface area contributed by atoms with E-state index < -0.39 is 5.82 Å². The van der Waals surface area contributed by atoms with Gasteiger partial charge in [-0.2, -0.15) is 0 Å². The molecule has 2 N–H and O–H groups in total. The minimum absolute atomic E-state index is 0.0874. The summed E-state index contributed by atoms with van der Waals surface area (Å²) >= 11 is 0. The number of nitrogens with two attached hydrogens (primary N) is 1. The fourth-order valence-corrected chi connectivity index (χ4v) is 2.50. The van der Waals surface area contributed by atoms with Crippen molar-refractivity contribution in [3.8, 4) is 0 Å². The molecule has 1 aliphatic heterocycles. The van der Waals surface area contributed by atoms with Crippen LogP contribution in [0.1, 0.15) is 18.4 Å². The first-order valence-electron chi connectivity index (χ1n) is 6.48. The van der Waals surface area contributed by atoms with Gasteiger partial charge in [-0.25, -0.2) is 4.39 Å². The number of likely N-dealkylation sites (tertiary alicyclic amines) is 1. The highest BCUT2D eigenvalue weighted by Gasteiger charge is 2.31. The van der Waals surface area contributed by atoms with Gasteiger partial charge in [0.15, 0.2) is 0 Å². The molecule has 1 saturated heterocycles. The molecule has 0 aromatic heterocycles. The third kappa shape index (κ3) is 3.04. The summed E-state index contributed by atoms with van der Waals surface area (Å²) in [4.78, 5) is 15.8. The lowest BCUT2D eigenvalue weighted by molar-refractivity contribution is -0.133. The number of likely N-dealkylation sites (N-methyl/N-ethyl adjacent to an activating group) is 1. The van der Waals surface area contributed by atoms with Gasteiger partial charge in [-0.05, 0) is 37.1 Å². The molecular formula is C14H20FN3O. The Morgan fingerprint density at radius 3 is 2.89 bits per heavy atom. The van der Waals surface area contributed by atoms with E-state index >= 15 is 0 Å². The van der Waals surface area contributed by atoms with Crippen LogP contribution in [-0.4, -0.2) is 42.4 Å². The molecule has 0 spiro atoms. The van der Waals surface area contributed by atoms with Crippen molar-refractivity contribution in [3.05, 3.63) is 29.6 Å². The molecule has 1 aromatic carbocycles. The number of hydrogen-bond acceptors (Lipinski definition) is 3. The predicted octanol–water partition coefficient (Wildman–Crippen LogP) is 1.46. The second-order valence-electron chi connectivity index (χ2n) is 5.22. The lowest BCUT2D eigenvalue weighted by atomic mass is 10.1. The molecule has 1 heterocycles. The van der Waals surface area contributed by atoms with E-state index in [0.717, 1.165) is 24.9 Å². The van der Waals surface area contributed by atoms with E-state index in [2.05, 4.69) is 4.90 Å². The smallest absolute Gasteiger partial charge is 0.239 e. The standard InChI is InChI=1S/C14H20FN3O/c1-17(2)14(19)13-4-3-7-18(13)9-10-5-6-12(16)11(15)8-10/h5-6,8,13H,3-4,7,9,16H2,1-2H3. The van der Waals surface area contributed by atoms with Gasteiger partial charge >= 0.3 is 0 Å². The summed E-state index contributed by atoms with van der Waals surface area (Å²) in [7, 11) is 3.53. The minimum Gasteiger partial charge on any atom is -0.396 e. The molecule has 1 amide bonds. The molecule has 1 aliphatic rings. The van der Waals surface area contributed by atoms with E-state index in [4.69, 9.17) is 5.73 Å². The summed E-state index contributed by atoms with van der Waals surface area (Å²) < 4.78 is 13.4. The van der Waals surface area contributed by atoms with Gasteiger partial charge in [0.25, 0.3) is 0 Å². The second kappa shape index (κ2) is 5.57. The van der Waals surface area contributed by atoms with E-state index in [1.165, 1.54) is 6.07 Å². The molecule has 5 heteroatoms. The quantitative estimate of drug-likeness (QED) is 0.842. The fourth-order valence-electron chi connectivity index (χ4n) is 2.50. The van der Waals surface area contributed by atoms with Gasteiger partial charge in [0.1, 0.15) is 5.82 Å². The normalized spacial score (nSPS) is 19.6. The highest BCUT2D eigenvalue weighted by molar-refractivity contribution is 5.81. The van der Waals surface area contributed by atoms with Gasteiger partial charge in [0.05, 0.1) is 11.7 Å². The van der Waals surface area contributed by atoms with Crippen LogP contribution in [0, 0.1) is 5.82 Å². The van der Waals surface area contributed by atoms with Crippen molar-refractivity contribution in [1.29, 1.82) is 0 Å². The Morgan fingerprint density at radius 2 is 2.26 bits per heavy atom. The number of carbonyl (C=O) groups is 1. The van der Waals surface area contributed by atoms with Gasteiger partial charge < -0.3 is 10.6 Å². The summed E-state index contributed by atoms with van der Waals surface area (Å²) in [6, 6.07) is 4.75. The van der Waals surface area contributed by atoms with Gasteiger partial charge in [0.2, 0.25) is 5.91 Å². The van der Waals surface area contributed by atoms with Gasteiger partial charge in [-0.3, -0.25) is 9.69 Å². The summed E-state index contributed by atoms with van der Waals surface area (Å²) in [5.41, 5.74) is 6.47. The Bertz CT molecular complexity index is 476. The number of anilines is 1. The molecule has 1 fully saturated rings. The first kappa shape index (κ1) is 13.8. The molecule has 4 nitrogen and oxygen atoms in total. The number of nitrogen functional groups attached to an aromatic ring is 1. The first-order chi connectivity index (χ1) is 8.99. The summed E-state index contributed by atoms with van der Waals surface area (Å²) in [5.74, 6) is -0.277. The average molecular weight is 265 g/mol. The van der Waals surface area contributed by atoms with Gasteiger partial charge in [-0.15, -0.1) is 0 Å². The molecule has 0 saturated carbocycles. The molecule has 0 aliphatic carbocycles. The van der Waals surface area contributed by atoms with Crippen LogP contribution >= 0.6 is 0 Å². The number of hydrogen-bond donors (Lipinski definition) is 1. The van der Waals surface area contributed by atoms with Crippen molar-refractivity contribution in [2.24, 2.45) is 0 Å². The van der Waals surface area contributed by atoms with E-state index in [-0.39, 0.29) is 17.6 Å². The van der Waals surface area contributed by atoms with E-state index in [1.54, 1.807) is 25.1 Å². The number of amides is 1. The SMILES string of the molecule is CN(C)C(=O)C1CCCN1Cc1ccc(N)c(F)c1. The third-order valence-corrected chi connectivity index (χ3v) is 3.54. The number of halogens is 1. The first-order valence-corrected chi connectivity index (χ1v) is 6.48. The van der Waals surface area contributed by atoms with E-state index in [1.807, 2.05) is 6.07 Å². The fraction of sp³-hybridized carbons (Fsp3) is 0.500. The second-order valence-corrected chi connectivity index (χ2v) is 5.22. The molecule has 1 atom stereocenters. The predicted molar refractivity (Wildman–Crippen MR) is 72.9 cm³/mol. The van der Waals surface area contributed by atoms with E-state index in [9.17, 15) is 9.18 Å². The Morgan fingerprint density at radius 1 is 1.53 bits per heavy atom. The van der Waals surface area contributed by atoms with Gasteiger partial charge in [0, 0.05) is 20.6 Å². The molecule has 1 unspecified atom stereocenters. The topological polar surface area (TPSA) is 49.6 Å². The molecule has 0 bridgehead atoms. The molecule has 2 rings (SSSR count). The summed E-state index contributed by atoms with van der Waals surface area (Å²) in [5, 5.41) is 0. The molecule has 104 valence electrons. The number of nitrogens with zero attached hydrogens (tertiary/aromatic N) is 2. The Kier molecular flexibility index (Phi) is 4.04. The van der Waals surface area contributed by atoms with Crippen LogP contribution in [0.4, 0.5) is 10.1 Å². The Balaban J connectivity index is 2.09. The van der Waals surface area contributed by atoms with Crippen molar-refractivity contribution in [2.75, 3.05) is 26.4 Å². The lowest BCUT2D eigenvalue weighted by Crippen LogP contribution is -2.42. The number of rotatable bonds is 3. The van der Waals surface area contributed by atoms with Crippen LogP contribution in [0.25, 0.3) is 0 Å². The molecular weight excluding hydrogens is 245 g/mol. The van der Waals surface area contributed by atoms with Crippen LogP contribution in [0.5, 0.6) is 0 Å². The van der Waals surface area contributed by atoms with Crippen LogP contribution in [0.3, 0.4) is 0 Å². The van der Waals surface area contributed by atoms with E-state index in [0.29, 0.717) is 6.54 Å². The summed E-state index contributed by atoms with van der Waals surface area (Å²) in [6.45, 7) is 1.46. The zero-order chi connectivity index (χ0) is 14.0. The van der Waals surface area contributed by atoms with Crippen LogP contribution < -0.4 is 5.73 Å². The Labute approximate surface area is 113 Å². The molecule has 19 heavy (non-hydrogen) atoms. The third-order valence-electron chi connectivity index (χ3n) is 3.54. The maximum atomic E-state index is 13.4. The van der Waals surface area contributed by atoms with Crippen LogP contribution in [-0.2, 0) is 11.3 Å². The van der Waals surface area contributed by atoms with Crippen molar-refractivity contribution in [3.63, 3.8) is 0 Å². The van der Waals surface area contributed by atoms with Crippen LogP contribution in [0.15, 0.2) is 18.2 Å².